The van der Waals surface area contributed by atoms with Crippen LogP contribution in [0.25, 0.3) is 0 Å². The van der Waals surface area contributed by atoms with Crippen LogP contribution in [0.5, 0.6) is 0 Å². The SMILES string of the molecule is CCOC(=O)c1nnsc1NC(=O)c1ccc(S(=O)(=O)NC(C)CC)cc1. The molecular weight excluding hydrogens is 392 g/mol. The van der Waals surface area contributed by atoms with Crippen molar-refractivity contribution in [3.05, 3.63) is 35.5 Å². The van der Waals surface area contributed by atoms with Gasteiger partial charge in [0.25, 0.3) is 5.91 Å². The van der Waals surface area contributed by atoms with Crippen molar-refractivity contribution < 1.29 is 22.7 Å². The molecule has 1 atom stereocenters. The molecule has 1 aromatic carbocycles. The van der Waals surface area contributed by atoms with Gasteiger partial charge < -0.3 is 10.1 Å². The molecule has 2 N–H and O–H groups in total. The van der Waals surface area contributed by atoms with E-state index in [4.69, 9.17) is 4.74 Å². The van der Waals surface area contributed by atoms with Gasteiger partial charge in [0.05, 0.1) is 11.5 Å². The fourth-order valence-corrected chi connectivity index (χ4v) is 3.86. The van der Waals surface area contributed by atoms with Gasteiger partial charge in [0.1, 0.15) is 0 Å². The van der Waals surface area contributed by atoms with Crippen molar-refractivity contribution >= 4 is 38.4 Å². The normalized spacial score (nSPS) is 12.4. The molecule has 9 nitrogen and oxygen atoms in total. The Morgan fingerprint density at radius 1 is 1.22 bits per heavy atom. The highest BCUT2D eigenvalue weighted by Gasteiger charge is 2.21. The molecule has 2 rings (SSSR count). The van der Waals surface area contributed by atoms with Crippen LogP contribution in [-0.2, 0) is 14.8 Å². The van der Waals surface area contributed by atoms with Gasteiger partial charge in [0.15, 0.2) is 5.00 Å². The lowest BCUT2D eigenvalue weighted by Gasteiger charge is -2.12. The first kappa shape index (κ1) is 20.9. The van der Waals surface area contributed by atoms with Crippen LogP contribution in [0, 0.1) is 0 Å². The van der Waals surface area contributed by atoms with Crippen LogP contribution in [0.2, 0.25) is 0 Å². The maximum Gasteiger partial charge on any atom is 0.362 e. The molecule has 1 aromatic heterocycles. The Hall–Kier alpha value is -2.37. The topological polar surface area (TPSA) is 127 Å². The summed E-state index contributed by atoms with van der Waals surface area (Å²) in [4.78, 5) is 24.2. The predicted molar refractivity (Wildman–Crippen MR) is 100 cm³/mol. The van der Waals surface area contributed by atoms with Gasteiger partial charge in [-0.1, -0.05) is 11.4 Å². The zero-order chi connectivity index (χ0) is 20.0. The van der Waals surface area contributed by atoms with Crippen molar-refractivity contribution in [1.82, 2.24) is 14.3 Å². The van der Waals surface area contributed by atoms with E-state index in [1.807, 2.05) is 6.92 Å². The van der Waals surface area contributed by atoms with E-state index in [1.54, 1.807) is 13.8 Å². The number of carbonyl (C=O) groups excluding carboxylic acids is 2. The third-order valence-electron chi connectivity index (χ3n) is 3.58. The summed E-state index contributed by atoms with van der Waals surface area (Å²) in [6.07, 6.45) is 0.658. The second-order valence-electron chi connectivity index (χ2n) is 5.58. The first-order valence-corrected chi connectivity index (χ1v) is 10.5. The quantitative estimate of drug-likeness (QED) is 0.635. The van der Waals surface area contributed by atoms with E-state index in [1.165, 1.54) is 24.3 Å². The number of anilines is 1. The summed E-state index contributed by atoms with van der Waals surface area (Å²) in [5, 5.41) is 6.35. The lowest BCUT2D eigenvalue weighted by atomic mass is 10.2. The highest BCUT2D eigenvalue weighted by molar-refractivity contribution is 7.89. The van der Waals surface area contributed by atoms with Crippen LogP contribution in [0.1, 0.15) is 48.0 Å². The van der Waals surface area contributed by atoms with Gasteiger partial charge in [-0.2, -0.15) is 0 Å². The number of nitrogens with one attached hydrogen (secondary N) is 2. The number of nitrogens with zero attached hydrogens (tertiary/aromatic N) is 2. The molecule has 0 saturated carbocycles. The molecule has 0 aliphatic rings. The molecule has 0 aliphatic heterocycles. The molecule has 1 unspecified atom stereocenters. The van der Waals surface area contributed by atoms with E-state index >= 15 is 0 Å². The van der Waals surface area contributed by atoms with E-state index in [2.05, 4.69) is 19.6 Å². The number of rotatable bonds is 8. The molecule has 0 spiro atoms. The van der Waals surface area contributed by atoms with Crippen molar-refractivity contribution in [3.63, 3.8) is 0 Å². The predicted octanol–water partition coefficient (Wildman–Crippen LogP) is 2.04. The van der Waals surface area contributed by atoms with Crippen LogP contribution in [0.15, 0.2) is 29.2 Å². The fraction of sp³-hybridized carbons (Fsp3) is 0.375. The number of benzene rings is 1. The Labute approximate surface area is 161 Å². The third kappa shape index (κ3) is 5.31. The number of hydrogen-bond donors (Lipinski definition) is 2. The average Bonchev–Trinajstić information content (AvgIpc) is 3.09. The minimum atomic E-state index is -3.65. The Kier molecular flexibility index (Phi) is 6.99. The largest absolute Gasteiger partial charge is 0.461 e. The summed E-state index contributed by atoms with van der Waals surface area (Å²) >= 11 is 0.844. The van der Waals surface area contributed by atoms with Crippen molar-refractivity contribution in [3.8, 4) is 0 Å². The third-order valence-corrected chi connectivity index (χ3v) is 5.83. The molecule has 11 heteroatoms. The van der Waals surface area contributed by atoms with E-state index in [0.717, 1.165) is 11.5 Å². The number of aromatic nitrogens is 2. The monoisotopic (exact) mass is 412 g/mol. The van der Waals surface area contributed by atoms with Crippen LogP contribution in [-0.4, -0.2) is 42.5 Å². The maximum absolute atomic E-state index is 12.4. The lowest BCUT2D eigenvalue weighted by molar-refractivity contribution is 0.0520. The van der Waals surface area contributed by atoms with Gasteiger partial charge >= 0.3 is 5.97 Å². The first-order chi connectivity index (χ1) is 12.8. The van der Waals surface area contributed by atoms with Crippen LogP contribution in [0.4, 0.5) is 5.00 Å². The van der Waals surface area contributed by atoms with E-state index in [9.17, 15) is 18.0 Å². The van der Waals surface area contributed by atoms with E-state index in [-0.39, 0.29) is 33.8 Å². The molecule has 1 amide bonds. The first-order valence-electron chi connectivity index (χ1n) is 8.21. The van der Waals surface area contributed by atoms with Crippen molar-refractivity contribution in [2.45, 2.75) is 38.1 Å². The number of hydrogen-bond acceptors (Lipinski definition) is 8. The van der Waals surface area contributed by atoms with Gasteiger partial charge in [-0.3, -0.25) is 4.79 Å². The number of ether oxygens (including phenoxy) is 1. The molecule has 0 aliphatic carbocycles. The van der Waals surface area contributed by atoms with Gasteiger partial charge in [-0.15, -0.1) is 5.10 Å². The maximum atomic E-state index is 12.4. The minimum Gasteiger partial charge on any atom is -0.461 e. The molecule has 0 bridgehead atoms. The second kappa shape index (κ2) is 9.02. The summed E-state index contributed by atoms with van der Waals surface area (Å²) < 4.78 is 35.5. The minimum absolute atomic E-state index is 0.0611. The van der Waals surface area contributed by atoms with Crippen molar-refractivity contribution in [2.75, 3.05) is 11.9 Å². The van der Waals surface area contributed by atoms with Gasteiger partial charge in [-0.25, -0.2) is 17.9 Å². The van der Waals surface area contributed by atoms with E-state index < -0.39 is 21.9 Å². The summed E-state index contributed by atoms with van der Waals surface area (Å²) in [5.41, 5.74) is 0.146. The molecule has 146 valence electrons. The molecule has 0 fully saturated rings. The summed E-state index contributed by atoms with van der Waals surface area (Å²) in [6.45, 7) is 5.47. The smallest absolute Gasteiger partial charge is 0.362 e. The molecule has 0 radical (unpaired) electrons. The average molecular weight is 412 g/mol. The molecule has 27 heavy (non-hydrogen) atoms. The Morgan fingerprint density at radius 3 is 2.48 bits per heavy atom. The molecular formula is C16H20N4O5S2. The van der Waals surface area contributed by atoms with Crippen molar-refractivity contribution in [2.24, 2.45) is 0 Å². The molecule has 1 heterocycles. The second-order valence-corrected chi connectivity index (χ2v) is 8.05. The molecule has 2 aromatic rings. The number of carbonyl (C=O) groups is 2. The lowest BCUT2D eigenvalue weighted by Crippen LogP contribution is -2.32. The summed E-state index contributed by atoms with van der Waals surface area (Å²) in [6, 6.07) is 5.27. The van der Waals surface area contributed by atoms with Crippen LogP contribution < -0.4 is 10.0 Å². The zero-order valence-corrected chi connectivity index (χ0v) is 16.7. The fourth-order valence-electron chi connectivity index (χ4n) is 1.98. The Bertz CT molecular complexity index is 909. The van der Waals surface area contributed by atoms with Crippen LogP contribution >= 0.6 is 11.5 Å². The Morgan fingerprint density at radius 2 is 1.89 bits per heavy atom. The zero-order valence-electron chi connectivity index (χ0n) is 15.1. The van der Waals surface area contributed by atoms with E-state index in [0.29, 0.717) is 6.42 Å². The highest BCUT2D eigenvalue weighted by Crippen LogP contribution is 2.20. The number of sulfonamides is 1. The van der Waals surface area contributed by atoms with Gasteiger partial charge in [0, 0.05) is 23.1 Å². The Balaban J connectivity index is 2.13. The summed E-state index contributed by atoms with van der Waals surface area (Å²) in [7, 11) is -3.65. The summed E-state index contributed by atoms with van der Waals surface area (Å²) in [5.74, 6) is -1.20. The van der Waals surface area contributed by atoms with Crippen LogP contribution in [0.3, 0.4) is 0 Å². The number of amides is 1. The standard InChI is InChI=1S/C16H20N4O5S2/c1-4-10(3)19-27(23,24)12-8-6-11(7-9-12)14(21)17-15-13(18-20-26-15)16(22)25-5-2/h6-10,19H,4-5H2,1-3H3,(H,17,21). The molecule has 0 saturated heterocycles. The van der Waals surface area contributed by atoms with Gasteiger partial charge in [0.2, 0.25) is 15.7 Å². The van der Waals surface area contributed by atoms with Gasteiger partial charge in [-0.05, 0) is 44.5 Å². The number of esters is 1. The van der Waals surface area contributed by atoms with Crippen molar-refractivity contribution in [1.29, 1.82) is 0 Å². The highest BCUT2D eigenvalue weighted by atomic mass is 32.2.